The van der Waals surface area contributed by atoms with Crippen LogP contribution < -0.4 is 5.32 Å². The maximum absolute atomic E-state index is 12.5. The number of hydrogen-bond acceptors (Lipinski definition) is 5. The number of carbonyl (C=O) groups is 2. The summed E-state index contributed by atoms with van der Waals surface area (Å²) in [5.74, 6) is -0.0187. The van der Waals surface area contributed by atoms with E-state index in [2.05, 4.69) is 10.3 Å². The molecule has 3 rings (SSSR count). The van der Waals surface area contributed by atoms with E-state index in [1.54, 1.807) is 12.1 Å². The standard InChI is InChI=1S/C18H23N3O3S/c1-21(14-7-4-2-3-5-8-14)16(22)11-13-12-25-18(19-13)20-17(23)15-9-6-10-24-15/h6,9-10,12,14H,2-5,7-8,11H2,1H3,(H,19,20,23). The third-order valence-corrected chi connectivity index (χ3v) is 5.42. The van der Waals surface area contributed by atoms with Crippen molar-refractivity contribution >= 4 is 28.3 Å². The highest BCUT2D eigenvalue weighted by molar-refractivity contribution is 7.14. The van der Waals surface area contributed by atoms with Crippen molar-refractivity contribution in [2.75, 3.05) is 12.4 Å². The first-order valence-electron chi connectivity index (χ1n) is 8.68. The average molecular weight is 361 g/mol. The van der Waals surface area contributed by atoms with Crippen LogP contribution >= 0.6 is 11.3 Å². The number of likely N-dealkylation sites (N-methyl/N-ethyl adjacent to an activating group) is 1. The van der Waals surface area contributed by atoms with Crippen LogP contribution in [0.4, 0.5) is 5.13 Å². The first-order valence-corrected chi connectivity index (χ1v) is 9.56. The second-order valence-electron chi connectivity index (χ2n) is 6.40. The molecule has 0 atom stereocenters. The van der Waals surface area contributed by atoms with E-state index in [1.807, 2.05) is 17.3 Å². The molecule has 0 unspecified atom stereocenters. The van der Waals surface area contributed by atoms with Crippen LogP contribution in [-0.2, 0) is 11.2 Å². The molecule has 7 heteroatoms. The van der Waals surface area contributed by atoms with E-state index in [9.17, 15) is 9.59 Å². The Morgan fingerprint density at radius 3 is 2.76 bits per heavy atom. The normalized spacial score (nSPS) is 15.6. The fourth-order valence-electron chi connectivity index (χ4n) is 3.14. The maximum atomic E-state index is 12.5. The molecular weight excluding hydrogens is 338 g/mol. The van der Waals surface area contributed by atoms with Gasteiger partial charge in [0.2, 0.25) is 5.91 Å². The van der Waals surface area contributed by atoms with Crippen molar-refractivity contribution in [3.05, 3.63) is 35.2 Å². The van der Waals surface area contributed by atoms with E-state index in [0.717, 1.165) is 12.8 Å². The van der Waals surface area contributed by atoms with Crippen LogP contribution in [0.5, 0.6) is 0 Å². The summed E-state index contributed by atoms with van der Waals surface area (Å²) in [4.78, 5) is 30.7. The van der Waals surface area contributed by atoms with Gasteiger partial charge < -0.3 is 9.32 Å². The van der Waals surface area contributed by atoms with Crippen molar-refractivity contribution in [2.24, 2.45) is 0 Å². The van der Waals surface area contributed by atoms with Crippen molar-refractivity contribution in [2.45, 2.75) is 51.0 Å². The molecule has 1 N–H and O–H groups in total. The smallest absolute Gasteiger partial charge is 0.293 e. The van der Waals surface area contributed by atoms with Gasteiger partial charge in [-0.15, -0.1) is 11.3 Å². The van der Waals surface area contributed by atoms with Gasteiger partial charge in [-0.2, -0.15) is 0 Å². The van der Waals surface area contributed by atoms with E-state index >= 15 is 0 Å². The van der Waals surface area contributed by atoms with Crippen molar-refractivity contribution in [1.29, 1.82) is 0 Å². The van der Waals surface area contributed by atoms with Crippen LogP contribution in [0, 0.1) is 0 Å². The molecule has 1 aliphatic carbocycles. The molecule has 134 valence electrons. The Hall–Kier alpha value is -2.15. The second kappa shape index (κ2) is 8.29. The Labute approximate surface area is 151 Å². The number of rotatable bonds is 5. The fourth-order valence-corrected chi connectivity index (χ4v) is 3.85. The summed E-state index contributed by atoms with van der Waals surface area (Å²) in [5.41, 5.74) is 0.685. The minimum atomic E-state index is -0.340. The van der Waals surface area contributed by atoms with E-state index in [-0.39, 0.29) is 24.0 Å². The SMILES string of the molecule is CN(C(=O)Cc1csc(NC(=O)c2ccco2)n1)C1CCCCCC1. The number of anilines is 1. The minimum absolute atomic E-state index is 0.0844. The van der Waals surface area contributed by atoms with Gasteiger partial charge in [-0.3, -0.25) is 14.9 Å². The molecule has 2 amide bonds. The first kappa shape index (κ1) is 17.7. The van der Waals surface area contributed by atoms with Gasteiger partial charge in [-0.25, -0.2) is 4.98 Å². The number of nitrogens with zero attached hydrogens (tertiary/aromatic N) is 2. The Morgan fingerprint density at radius 1 is 1.32 bits per heavy atom. The van der Waals surface area contributed by atoms with Crippen molar-refractivity contribution < 1.29 is 14.0 Å². The number of carbonyl (C=O) groups excluding carboxylic acids is 2. The molecular formula is C18H23N3O3S. The summed E-state index contributed by atoms with van der Waals surface area (Å²) in [6.07, 6.45) is 8.81. The second-order valence-corrected chi connectivity index (χ2v) is 7.26. The van der Waals surface area contributed by atoms with Gasteiger partial charge >= 0.3 is 0 Å². The lowest BCUT2D eigenvalue weighted by molar-refractivity contribution is -0.131. The summed E-state index contributed by atoms with van der Waals surface area (Å²) in [6, 6.07) is 3.59. The van der Waals surface area contributed by atoms with Crippen LogP contribution in [0.25, 0.3) is 0 Å². The van der Waals surface area contributed by atoms with Gasteiger partial charge in [0.15, 0.2) is 10.9 Å². The Bertz CT molecular complexity index is 703. The number of nitrogens with one attached hydrogen (secondary N) is 1. The summed E-state index contributed by atoms with van der Waals surface area (Å²) >= 11 is 1.31. The number of aromatic nitrogens is 1. The highest BCUT2D eigenvalue weighted by Crippen LogP contribution is 2.22. The van der Waals surface area contributed by atoms with Crippen LogP contribution in [0.15, 0.2) is 28.2 Å². The molecule has 0 radical (unpaired) electrons. The zero-order valence-electron chi connectivity index (χ0n) is 14.4. The molecule has 1 saturated carbocycles. The van der Waals surface area contributed by atoms with E-state index in [0.29, 0.717) is 16.9 Å². The Morgan fingerprint density at radius 2 is 2.08 bits per heavy atom. The van der Waals surface area contributed by atoms with Gasteiger partial charge in [-0.05, 0) is 25.0 Å². The number of furan rings is 1. The molecule has 2 heterocycles. The lowest BCUT2D eigenvalue weighted by Crippen LogP contribution is -2.37. The van der Waals surface area contributed by atoms with Gasteiger partial charge in [-0.1, -0.05) is 25.7 Å². The van der Waals surface area contributed by atoms with Gasteiger partial charge in [0.25, 0.3) is 5.91 Å². The predicted molar refractivity (Wildman–Crippen MR) is 96.7 cm³/mol. The lowest BCUT2D eigenvalue weighted by atomic mass is 10.1. The van der Waals surface area contributed by atoms with Gasteiger partial charge in [0.05, 0.1) is 18.4 Å². The van der Waals surface area contributed by atoms with Crippen molar-refractivity contribution in [3.63, 3.8) is 0 Å². The lowest BCUT2D eigenvalue weighted by Gasteiger charge is -2.27. The van der Waals surface area contributed by atoms with Crippen LogP contribution in [0.2, 0.25) is 0 Å². The highest BCUT2D eigenvalue weighted by atomic mass is 32.1. The molecule has 2 aromatic heterocycles. The average Bonchev–Trinajstić information content (AvgIpc) is 3.21. The molecule has 1 aliphatic rings. The van der Waals surface area contributed by atoms with Crippen LogP contribution in [0.3, 0.4) is 0 Å². The molecule has 0 aromatic carbocycles. The third-order valence-electron chi connectivity index (χ3n) is 4.62. The topological polar surface area (TPSA) is 75.4 Å². The third kappa shape index (κ3) is 4.69. The fraction of sp³-hybridized carbons (Fsp3) is 0.500. The quantitative estimate of drug-likeness (QED) is 0.824. The summed E-state index contributed by atoms with van der Waals surface area (Å²) < 4.78 is 5.05. The molecule has 25 heavy (non-hydrogen) atoms. The summed E-state index contributed by atoms with van der Waals surface area (Å²) in [5, 5.41) is 4.98. The molecule has 6 nitrogen and oxygen atoms in total. The molecule has 2 aromatic rings. The van der Waals surface area contributed by atoms with Crippen molar-refractivity contribution in [1.82, 2.24) is 9.88 Å². The number of amides is 2. The Balaban J connectivity index is 1.55. The van der Waals surface area contributed by atoms with Crippen LogP contribution in [0.1, 0.15) is 54.8 Å². The van der Waals surface area contributed by atoms with Gasteiger partial charge in [0.1, 0.15) is 0 Å². The number of thiazole rings is 1. The Kier molecular flexibility index (Phi) is 5.86. The maximum Gasteiger partial charge on any atom is 0.293 e. The van der Waals surface area contributed by atoms with Crippen molar-refractivity contribution in [3.8, 4) is 0 Å². The number of hydrogen-bond donors (Lipinski definition) is 1. The largest absolute Gasteiger partial charge is 0.459 e. The van der Waals surface area contributed by atoms with Crippen LogP contribution in [-0.4, -0.2) is 34.8 Å². The zero-order valence-corrected chi connectivity index (χ0v) is 15.2. The first-order chi connectivity index (χ1) is 12.1. The van der Waals surface area contributed by atoms with Gasteiger partial charge in [0, 0.05) is 18.5 Å². The predicted octanol–water partition coefficient (Wildman–Crippen LogP) is 3.71. The zero-order chi connectivity index (χ0) is 17.6. The monoisotopic (exact) mass is 361 g/mol. The molecule has 1 fully saturated rings. The molecule has 0 bridgehead atoms. The van der Waals surface area contributed by atoms with E-state index < -0.39 is 0 Å². The summed E-state index contributed by atoms with van der Waals surface area (Å²) in [7, 11) is 1.89. The summed E-state index contributed by atoms with van der Waals surface area (Å²) in [6.45, 7) is 0. The van der Waals surface area contributed by atoms with E-state index in [4.69, 9.17) is 4.42 Å². The minimum Gasteiger partial charge on any atom is -0.459 e. The highest BCUT2D eigenvalue weighted by Gasteiger charge is 2.22. The molecule has 0 spiro atoms. The molecule has 0 saturated heterocycles. The molecule has 0 aliphatic heterocycles. The van der Waals surface area contributed by atoms with E-state index in [1.165, 1.54) is 43.3 Å².